The Balaban J connectivity index is 0.00000242. The lowest BCUT2D eigenvalue weighted by molar-refractivity contribution is -0.121. The lowest BCUT2D eigenvalue weighted by Gasteiger charge is -2.19. The van der Waals surface area contributed by atoms with Crippen LogP contribution in [-0.4, -0.2) is 51.5 Å². The van der Waals surface area contributed by atoms with E-state index in [2.05, 4.69) is 11.3 Å². The molecule has 2 aliphatic rings. The first-order valence-corrected chi connectivity index (χ1v) is 8.34. The minimum Gasteiger partial charge on any atom is -0.382 e. The van der Waals surface area contributed by atoms with Crippen molar-refractivity contribution < 1.29 is 22.7 Å². The van der Waals surface area contributed by atoms with Crippen LogP contribution in [0.4, 0.5) is 0 Å². The van der Waals surface area contributed by atoms with Gasteiger partial charge in [0.2, 0.25) is 10.0 Å². The van der Waals surface area contributed by atoms with Gasteiger partial charge in [0.05, 0.1) is 19.8 Å². The molecule has 2 atom stereocenters. The Labute approximate surface area is 137 Å². The first kappa shape index (κ1) is 19.4. The summed E-state index contributed by atoms with van der Waals surface area (Å²) in [6, 6.07) is 0. The van der Waals surface area contributed by atoms with Crippen LogP contribution in [0.5, 0.6) is 0 Å². The van der Waals surface area contributed by atoms with Crippen molar-refractivity contribution in [2.45, 2.75) is 29.5 Å². The average Bonchev–Trinajstić information content (AvgIpc) is 3.31. The van der Waals surface area contributed by atoms with E-state index in [1.807, 2.05) is 0 Å². The fourth-order valence-corrected chi connectivity index (χ4v) is 3.74. The number of carbonyl (C=O) groups is 1. The number of carbonyl (C=O) groups excluding carboxylic acids is 1. The number of nitrogens with two attached hydrogens (primary N) is 1. The van der Waals surface area contributed by atoms with Gasteiger partial charge in [0.25, 0.3) is 5.91 Å². The van der Waals surface area contributed by atoms with Gasteiger partial charge in [0, 0.05) is 13.0 Å². The molecule has 1 amide bonds. The number of hydrogen-bond donors (Lipinski definition) is 2. The van der Waals surface area contributed by atoms with Gasteiger partial charge in [0.1, 0.15) is 10.3 Å². The number of methoxy groups -OCH3 is 1. The van der Waals surface area contributed by atoms with E-state index in [-0.39, 0.29) is 24.9 Å². The minimum absolute atomic E-state index is 0. The first-order chi connectivity index (χ1) is 9.81. The van der Waals surface area contributed by atoms with Crippen molar-refractivity contribution in [1.29, 1.82) is 0 Å². The molecule has 0 bridgehead atoms. The molecule has 0 saturated heterocycles. The van der Waals surface area contributed by atoms with Crippen molar-refractivity contribution >= 4 is 28.3 Å². The third-order valence-corrected chi connectivity index (χ3v) is 6.29. The van der Waals surface area contributed by atoms with Gasteiger partial charge in [-0.3, -0.25) is 9.52 Å². The Bertz CT molecular complexity index is 535. The summed E-state index contributed by atoms with van der Waals surface area (Å²) in [6.45, 7) is 4.35. The number of nitrogens with one attached hydrogen (secondary N) is 1. The topological polar surface area (TPSA) is 108 Å². The van der Waals surface area contributed by atoms with Gasteiger partial charge in [-0.1, -0.05) is 6.08 Å². The van der Waals surface area contributed by atoms with Crippen molar-refractivity contribution in [2.75, 3.05) is 26.9 Å². The zero-order chi connectivity index (χ0) is 15.7. The van der Waals surface area contributed by atoms with Crippen LogP contribution in [0.2, 0.25) is 0 Å². The monoisotopic (exact) mass is 354 g/mol. The van der Waals surface area contributed by atoms with Crippen LogP contribution in [0.1, 0.15) is 19.3 Å². The summed E-state index contributed by atoms with van der Waals surface area (Å²) in [5, 5.41) is 0. The molecule has 128 valence electrons. The predicted molar refractivity (Wildman–Crippen MR) is 84.2 cm³/mol. The molecule has 0 aromatic rings. The number of halogens is 1. The van der Waals surface area contributed by atoms with E-state index in [9.17, 15) is 13.2 Å². The smallest absolute Gasteiger partial charge is 0.254 e. The van der Waals surface area contributed by atoms with E-state index in [0.717, 1.165) is 0 Å². The van der Waals surface area contributed by atoms with E-state index in [1.54, 1.807) is 13.2 Å². The second kappa shape index (κ2) is 6.84. The second-order valence-corrected chi connectivity index (χ2v) is 7.83. The predicted octanol–water partition coefficient (Wildman–Crippen LogP) is -0.0468. The second-order valence-electron chi connectivity index (χ2n) is 5.75. The van der Waals surface area contributed by atoms with Crippen LogP contribution in [-0.2, 0) is 24.3 Å². The van der Waals surface area contributed by atoms with Crippen LogP contribution in [0.25, 0.3) is 0 Å². The normalized spacial score (nSPS) is 28.4. The molecule has 0 spiro atoms. The zero-order valence-corrected chi connectivity index (χ0v) is 14.2. The average molecular weight is 355 g/mol. The molecule has 3 N–H and O–H groups in total. The van der Waals surface area contributed by atoms with Gasteiger partial charge >= 0.3 is 0 Å². The number of ether oxygens (including phenoxy) is 2. The number of rotatable bonds is 9. The van der Waals surface area contributed by atoms with E-state index < -0.39 is 26.2 Å². The summed E-state index contributed by atoms with van der Waals surface area (Å²) in [5.74, 6) is -0.823. The van der Waals surface area contributed by atoms with E-state index in [1.165, 1.54) is 0 Å². The molecule has 2 aliphatic carbocycles. The van der Waals surface area contributed by atoms with Crippen molar-refractivity contribution in [3.05, 3.63) is 12.7 Å². The maximum absolute atomic E-state index is 12.3. The molecule has 0 heterocycles. The Kier molecular flexibility index (Phi) is 6.02. The van der Waals surface area contributed by atoms with E-state index >= 15 is 0 Å². The molecule has 0 radical (unpaired) electrons. The highest BCUT2D eigenvalue weighted by atomic mass is 35.5. The summed E-state index contributed by atoms with van der Waals surface area (Å²) < 4.78 is 35.9. The highest BCUT2D eigenvalue weighted by Crippen LogP contribution is 2.45. The highest BCUT2D eigenvalue weighted by molar-refractivity contribution is 7.91. The molecule has 0 aromatic heterocycles. The standard InChI is InChI=1S/C13H22N2O5S.ClH/c1-3-10-8-13(10,14)11(16)15-21(17,18)12(4-5-12)9-20-7-6-19-2;/h3,10H,1,4-9,14H2,2H3,(H,15,16);1H/t10?,13-;/m1./s1. The molecular weight excluding hydrogens is 332 g/mol. The molecule has 2 rings (SSSR count). The number of sulfonamides is 1. The fraction of sp³-hybridized carbons (Fsp3) is 0.769. The van der Waals surface area contributed by atoms with Crippen molar-refractivity contribution in [2.24, 2.45) is 11.7 Å². The van der Waals surface area contributed by atoms with Crippen LogP contribution in [0.15, 0.2) is 12.7 Å². The van der Waals surface area contributed by atoms with Gasteiger partial charge in [0.15, 0.2) is 0 Å². The number of amides is 1. The third-order valence-electron chi connectivity index (χ3n) is 4.17. The molecule has 7 nitrogen and oxygen atoms in total. The highest BCUT2D eigenvalue weighted by Gasteiger charge is 2.60. The molecule has 2 saturated carbocycles. The van der Waals surface area contributed by atoms with Crippen molar-refractivity contribution in [3.8, 4) is 0 Å². The molecular formula is C13H23ClN2O5S. The van der Waals surface area contributed by atoms with Gasteiger partial charge in [-0.25, -0.2) is 8.42 Å². The van der Waals surface area contributed by atoms with Crippen LogP contribution >= 0.6 is 12.4 Å². The van der Waals surface area contributed by atoms with Crippen LogP contribution in [0, 0.1) is 5.92 Å². The molecule has 9 heteroatoms. The largest absolute Gasteiger partial charge is 0.382 e. The van der Waals surface area contributed by atoms with Gasteiger partial charge in [-0.2, -0.15) is 0 Å². The lowest BCUT2D eigenvalue weighted by Crippen LogP contribution is -2.50. The van der Waals surface area contributed by atoms with Crippen LogP contribution < -0.4 is 10.5 Å². The zero-order valence-electron chi connectivity index (χ0n) is 12.5. The molecule has 0 aliphatic heterocycles. The van der Waals surface area contributed by atoms with Crippen molar-refractivity contribution in [3.63, 3.8) is 0 Å². The lowest BCUT2D eigenvalue weighted by atomic mass is 10.2. The third kappa shape index (κ3) is 3.62. The summed E-state index contributed by atoms with van der Waals surface area (Å²) >= 11 is 0. The SMILES string of the molecule is C=CC1C[C@]1(N)C(=O)NS(=O)(=O)C1(COCCOC)CC1.Cl. The summed E-state index contributed by atoms with van der Waals surface area (Å²) in [6.07, 6.45) is 2.96. The summed E-state index contributed by atoms with van der Waals surface area (Å²) in [5.41, 5.74) is 4.72. The van der Waals surface area contributed by atoms with E-state index in [4.69, 9.17) is 15.2 Å². The van der Waals surface area contributed by atoms with Gasteiger partial charge in [-0.15, -0.1) is 19.0 Å². The van der Waals surface area contributed by atoms with Gasteiger partial charge in [-0.05, 0) is 19.3 Å². The van der Waals surface area contributed by atoms with Crippen LogP contribution in [0.3, 0.4) is 0 Å². The fourth-order valence-electron chi connectivity index (χ4n) is 2.22. The summed E-state index contributed by atoms with van der Waals surface area (Å²) in [4.78, 5) is 12.0. The molecule has 2 fully saturated rings. The molecule has 0 aromatic carbocycles. The maximum Gasteiger partial charge on any atom is 0.254 e. The summed E-state index contributed by atoms with van der Waals surface area (Å²) in [7, 11) is -2.25. The Morgan fingerprint density at radius 1 is 1.45 bits per heavy atom. The Morgan fingerprint density at radius 3 is 2.55 bits per heavy atom. The Morgan fingerprint density at radius 2 is 2.09 bits per heavy atom. The Hall–Kier alpha value is -0.670. The van der Waals surface area contributed by atoms with E-state index in [0.29, 0.717) is 32.5 Å². The first-order valence-electron chi connectivity index (χ1n) is 6.86. The van der Waals surface area contributed by atoms with Gasteiger partial charge < -0.3 is 15.2 Å². The number of hydrogen-bond acceptors (Lipinski definition) is 6. The van der Waals surface area contributed by atoms with Crippen molar-refractivity contribution in [1.82, 2.24) is 4.72 Å². The molecule has 22 heavy (non-hydrogen) atoms. The molecule has 1 unspecified atom stereocenters. The quantitative estimate of drug-likeness (QED) is 0.444. The minimum atomic E-state index is -3.79. The maximum atomic E-state index is 12.3.